The van der Waals surface area contributed by atoms with Gasteiger partial charge in [-0.1, -0.05) is 30.3 Å². The Morgan fingerprint density at radius 1 is 1.27 bits per heavy atom. The van der Waals surface area contributed by atoms with Crippen molar-refractivity contribution in [3.05, 3.63) is 77.4 Å². The van der Waals surface area contributed by atoms with Crippen LogP contribution in [-0.4, -0.2) is 29.0 Å². The lowest BCUT2D eigenvalue weighted by atomic mass is 9.91. The van der Waals surface area contributed by atoms with E-state index in [1.165, 1.54) is 24.4 Å². The molecule has 1 aromatic heterocycles. The molecule has 0 bridgehead atoms. The number of allylic oxidation sites excluding steroid dienone is 2. The van der Waals surface area contributed by atoms with Gasteiger partial charge in [-0.25, -0.2) is 18.6 Å². The van der Waals surface area contributed by atoms with Crippen molar-refractivity contribution in [3.8, 4) is 0 Å². The molecule has 1 aromatic carbocycles. The number of pyridine rings is 1. The van der Waals surface area contributed by atoms with Gasteiger partial charge in [0.05, 0.1) is 0 Å². The Labute approximate surface area is 148 Å². The van der Waals surface area contributed by atoms with Crippen LogP contribution in [0.4, 0.5) is 14.6 Å². The van der Waals surface area contributed by atoms with E-state index < -0.39 is 23.3 Å². The Kier molecular flexibility index (Phi) is 4.81. The van der Waals surface area contributed by atoms with E-state index in [0.717, 1.165) is 7.11 Å². The minimum absolute atomic E-state index is 0.166. The van der Waals surface area contributed by atoms with E-state index >= 15 is 4.39 Å². The van der Waals surface area contributed by atoms with Gasteiger partial charge >= 0.3 is 5.97 Å². The zero-order valence-electron chi connectivity index (χ0n) is 13.9. The highest BCUT2D eigenvalue weighted by atomic mass is 19.2. The first-order valence-electron chi connectivity index (χ1n) is 7.80. The maximum Gasteiger partial charge on any atom is 0.339 e. The van der Waals surface area contributed by atoms with Gasteiger partial charge in [0.2, 0.25) is 0 Å². The van der Waals surface area contributed by atoms with E-state index in [4.69, 9.17) is 4.74 Å². The fraction of sp³-hybridized carbons (Fsp3) is 0.158. The number of rotatable bonds is 5. The first-order chi connectivity index (χ1) is 12.4. The molecule has 3 rings (SSSR count). The molecule has 2 aromatic rings. The van der Waals surface area contributed by atoms with Crippen LogP contribution in [0.25, 0.3) is 5.57 Å². The number of hydrogen-bond acceptors (Lipinski definition) is 4. The molecule has 1 atom stereocenters. The van der Waals surface area contributed by atoms with Crippen molar-refractivity contribution < 1.29 is 23.4 Å². The first kappa shape index (κ1) is 17.8. The van der Waals surface area contributed by atoms with Gasteiger partial charge < -0.3 is 15.2 Å². The number of halogens is 2. The molecule has 1 unspecified atom stereocenters. The standard InChI is InChI=1S/C19H16F2N2O3/c1-26-19(21)11-13(12-6-3-2-4-7-12)10-15(20)16(19)23-17-14(18(24)25)8-5-9-22-17/h2-10H,11H2,1H3,(H,22,23)(H,24,25). The van der Waals surface area contributed by atoms with Gasteiger partial charge in [-0.2, -0.15) is 0 Å². The van der Waals surface area contributed by atoms with Gasteiger partial charge in [0.25, 0.3) is 5.85 Å². The third-order valence-corrected chi connectivity index (χ3v) is 4.08. The number of carboxylic acids is 1. The SMILES string of the molecule is COC1(F)CC(c2ccccc2)=CC(F)=C1Nc1ncccc1C(=O)O. The summed E-state index contributed by atoms with van der Waals surface area (Å²) in [6, 6.07) is 11.5. The molecule has 1 aliphatic carbocycles. The number of carbonyl (C=O) groups is 1. The number of ether oxygens (including phenoxy) is 1. The van der Waals surface area contributed by atoms with Gasteiger partial charge in [-0.15, -0.1) is 0 Å². The molecule has 1 heterocycles. The van der Waals surface area contributed by atoms with Gasteiger partial charge in [-0.3, -0.25) is 0 Å². The van der Waals surface area contributed by atoms with Crippen molar-refractivity contribution in [3.63, 3.8) is 0 Å². The zero-order valence-corrected chi connectivity index (χ0v) is 13.9. The number of nitrogens with zero attached hydrogens (tertiary/aromatic N) is 1. The summed E-state index contributed by atoms with van der Waals surface area (Å²) in [4.78, 5) is 15.2. The number of benzene rings is 1. The average molecular weight is 358 g/mol. The highest BCUT2D eigenvalue weighted by Crippen LogP contribution is 2.41. The lowest BCUT2D eigenvalue weighted by Gasteiger charge is -2.31. The molecule has 5 nitrogen and oxygen atoms in total. The van der Waals surface area contributed by atoms with Crippen LogP contribution in [0.3, 0.4) is 0 Å². The molecule has 0 radical (unpaired) electrons. The number of aromatic nitrogens is 1. The largest absolute Gasteiger partial charge is 0.478 e. The highest BCUT2D eigenvalue weighted by molar-refractivity contribution is 5.93. The van der Waals surface area contributed by atoms with Crippen LogP contribution in [0, 0.1) is 0 Å². The van der Waals surface area contributed by atoms with Crippen molar-refractivity contribution in [2.45, 2.75) is 12.3 Å². The van der Waals surface area contributed by atoms with Gasteiger partial charge in [0.1, 0.15) is 22.9 Å². The highest BCUT2D eigenvalue weighted by Gasteiger charge is 2.42. The van der Waals surface area contributed by atoms with E-state index in [-0.39, 0.29) is 17.8 Å². The monoisotopic (exact) mass is 358 g/mol. The molecule has 2 N–H and O–H groups in total. The van der Waals surface area contributed by atoms with Crippen molar-refractivity contribution in [1.82, 2.24) is 4.98 Å². The minimum atomic E-state index is -2.49. The summed E-state index contributed by atoms with van der Waals surface area (Å²) in [7, 11) is 1.12. The van der Waals surface area contributed by atoms with Crippen LogP contribution in [-0.2, 0) is 4.74 Å². The predicted molar refractivity (Wildman–Crippen MR) is 92.8 cm³/mol. The van der Waals surface area contributed by atoms with Crippen LogP contribution in [0.2, 0.25) is 0 Å². The quantitative estimate of drug-likeness (QED) is 0.839. The number of anilines is 1. The summed E-state index contributed by atoms with van der Waals surface area (Å²) in [5, 5.41) is 11.7. The Bertz CT molecular complexity index is 897. The third-order valence-electron chi connectivity index (χ3n) is 4.08. The van der Waals surface area contributed by atoms with Gasteiger partial charge in [-0.05, 0) is 29.3 Å². The summed E-state index contributed by atoms with van der Waals surface area (Å²) in [6.45, 7) is 0. The second-order valence-corrected chi connectivity index (χ2v) is 5.70. The maximum absolute atomic E-state index is 15.4. The lowest BCUT2D eigenvalue weighted by Crippen LogP contribution is -2.35. The second-order valence-electron chi connectivity index (χ2n) is 5.70. The van der Waals surface area contributed by atoms with Crippen LogP contribution < -0.4 is 5.32 Å². The molecule has 0 saturated carbocycles. The number of alkyl halides is 1. The van der Waals surface area contributed by atoms with E-state index in [1.54, 1.807) is 30.3 Å². The molecule has 7 heteroatoms. The average Bonchev–Trinajstić information content (AvgIpc) is 2.65. The molecule has 1 aliphatic rings. The van der Waals surface area contributed by atoms with Crippen LogP contribution >= 0.6 is 0 Å². The molecular weight excluding hydrogens is 342 g/mol. The van der Waals surface area contributed by atoms with Gasteiger partial charge in [0.15, 0.2) is 0 Å². The molecule has 134 valence electrons. The van der Waals surface area contributed by atoms with Crippen LogP contribution in [0.5, 0.6) is 0 Å². The Hall–Kier alpha value is -3.06. The van der Waals surface area contributed by atoms with E-state index in [9.17, 15) is 14.3 Å². The Morgan fingerprint density at radius 2 is 2.00 bits per heavy atom. The van der Waals surface area contributed by atoms with E-state index in [1.807, 2.05) is 0 Å². The smallest absolute Gasteiger partial charge is 0.339 e. The van der Waals surface area contributed by atoms with Crippen molar-refractivity contribution in [2.24, 2.45) is 0 Å². The third kappa shape index (κ3) is 3.34. The molecule has 0 aliphatic heterocycles. The molecule has 0 fully saturated rings. The summed E-state index contributed by atoms with van der Waals surface area (Å²) in [5.41, 5.74) is 0.382. The molecule has 0 spiro atoms. The number of nitrogens with one attached hydrogen (secondary N) is 1. The van der Waals surface area contributed by atoms with Crippen LogP contribution in [0.1, 0.15) is 22.3 Å². The number of aromatic carboxylic acids is 1. The zero-order chi connectivity index (χ0) is 18.7. The summed E-state index contributed by atoms with van der Waals surface area (Å²) < 4.78 is 35.0. The number of carboxylic acid groups (broad SMARTS) is 1. The van der Waals surface area contributed by atoms with Crippen LogP contribution in [0.15, 0.2) is 66.3 Å². The molecule has 26 heavy (non-hydrogen) atoms. The molecule has 0 amide bonds. The minimum Gasteiger partial charge on any atom is -0.478 e. The van der Waals surface area contributed by atoms with Gasteiger partial charge in [0, 0.05) is 19.7 Å². The fourth-order valence-corrected chi connectivity index (χ4v) is 2.75. The fourth-order valence-electron chi connectivity index (χ4n) is 2.75. The second kappa shape index (κ2) is 7.05. The van der Waals surface area contributed by atoms with E-state index in [0.29, 0.717) is 11.1 Å². The predicted octanol–water partition coefficient (Wildman–Crippen LogP) is 4.17. The summed E-state index contributed by atoms with van der Waals surface area (Å²) in [6.07, 6.45) is 2.30. The maximum atomic E-state index is 15.4. The topological polar surface area (TPSA) is 71.5 Å². The summed E-state index contributed by atoms with van der Waals surface area (Å²) in [5.74, 6) is -4.81. The number of methoxy groups -OCH3 is 1. The normalized spacial score (nSPS) is 19.9. The Morgan fingerprint density at radius 3 is 2.65 bits per heavy atom. The van der Waals surface area contributed by atoms with Crippen molar-refractivity contribution >= 4 is 17.4 Å². The first-order valence-corrected chi connectivity index (χ1v) is 7.80. The molecular formula is C19H16F2N2O3. The molecule has 0 saturated heterocycles. The van der Waals surface area contributed by atoms with E-state index in [2.05, 4.69) is 10.3 Å². The van der Waals surface area contributed by atoms with Crippen molar-refractivity contribution in [1.29, 1.82) is 0 Å². The number of hydrogen-bond donors (Lipinski definition) is 2. The lowest BCUT2D eigenvalue weighted by molar-refractivity contribution is -0.0856. The summed E-state index contributed by atoms with van der Waals surface area (Å²) >= 11 is 0. The Balaban J connectivity index is 2.04. The van der Waals surface area contributed by atoms with Crippen molar-refractivity contribution in [2.75, 3.05) is 12.4 Å².